The quantitative estimate of drug-likeness (QED) is 0.588. The largest absolute Gasteiger partial charge is 0.480 e. The maximum Gasteiger partial charge on any atom is 0.325 e. The van der Waals surface area contributed by atoms with Crippen molar-refractivity contribution in [2.24, 2.45) is 0 Å². The summed E-state index contributed by atoms with van der Waals surface area (Å²) in [6.45, 7) is 1.10. The Hall–Kier alpha value is -1.45. The van der Waals surface area contributed by atoms with E-state index in [2.05, 4.69) is 9.82 Å². The van der Waals surface area contributed by atoms with Crippen LogP contribution in [0.1, 0.15) is 13.3 Å². The molecule has 8 nitrogen and oxygen atoms in total. The smallest absolute Gasteiger partial charge is 0.325 e. The van der Waals surface area contributed by atoms with Crippen LogP contribution in [0, 0.1) is 0 Å². The lowest BCUT2D eigenvalue weighted by molar-refractivity contribution is -0.137. The zero-order valence-electron chi connectivity index (χ0n) is 9.78. The van der Waals surface area contributed by atoms with E-state index in [1.165, 1.54) is 0 Å². The Balaban J connectivity index is 2.79. The van der Waals surface area contributed by atoms with Crippen molar-refractivity contribution in [1.82, 2.24) is 14.5 Å². The third kappa shape index (κ3) is 4.09. The number of sulfonamides is 1. The first kappa shape index (κ1) is 14.6. The molecule has 0 bridgehead atoms. The highest BCUT2D eigenvalue weighted by Gasteiger charge is 2.19. The Kier molecular flexibility index (Phi) is 4.82. The van der Waals surface area contributed by atoms with Crippen molar-refractivity contribution < 1.29 is 23.4 Å². The van der Waals surface area contributed by atoms with Crippen molar-refractivity contribution in [3.63, 3.8) is 0 Å². The van der Waals surface area contributed by atoms with Crippen LogP contribution in [0.15, 0.2) is 17.3 Å². The van der Waals surface area contributed by atoms with Gasteiger partial charge in [0.15, 0.2) is 0 Å². The summed E-state index contributed by atoms with van der Waals surface area (Å²) < 4.78 is 27.0. The van der Waals surface area contributed by atoms with Gasteiger partial charge in [0.2, 0.25) is 10.0 Å². The molecule has 0 spiro atoms. The Morgan fingerprint density at radius 3 is 2.83 bits per heavy atom. The van der Waals surface area contributed by atoms with E-state index in [1.807, 2.05) is 0 Å². The minimum absolute atomic E-state index is 0.103. The Bertz CT molecular complexity index is 510. The van der Waals surface area contributed by atoms with Crippen LogP contribution in [0.2, 0.25) is 0 Å². The normalized spacial score (nSPS) is 13.4. The predicted molar refractivity (Wildman–Crippen MR) is 61.3 cm³/mol. The van der Waals surface area contributed by atoms with Gasteiger partial charge in [-0.25, -0.2) is 13.1 Å². The second kappa shape index (κ2) is 5.94. The van der Waals surface area contributed by atoms with Crippen LogP contribution in [0.3, 0.4) is 0 Å². The fraction of sp³-hybridized carbons (Fsp3) is 0.556. The van der Waals surface area contributed by atoms with Crippen LogP contribution in [0.5, 0.6) is 0 Å². The van der Waals surface area contributed by atoms with Gasteiger partial charge in [0.25, 0.3) is 0 Å². The van der Waals surface area contributed by atoms with Crippen molar-refractivity contribution in [3.05, 3.63) is 12.4 Å². The van der Waals surface area contributed by atoms with E-state index in [0.717, 1.165) is 17.1 Å². The number of carbonyl (C=O) groups is 1. The first-order valence-corrected chi connectivity index (χ1v) is 6.71. The summed E-state index contributed by atoms with van der Waals surface area (Å²) in [6.07, 6.45) is 2.52. The van der Waals surface area contributed by atoms with Crippen LogP contribution in [-0.4, -0.2) is 47.0 Å². The Morgan fingerprint density at radius 2 is 2.28 bits per heavy atom. The number of nitrogens with zero attached hydrogens (tertiary/aromatic N) is 2. The van der Waals surface area contributed by atoms with Crippen LogP contribution in [0.25, 0.3) is 0 Å². The highest BCUT2D eigenvalue weighted by atomic mass is 32.2. The zero-order valence-corrected chi connectivity index (χ0v) is 10.6. The summed E-state index contributed by atoms with van der Waals surface area (Å²) >= 11 is 0. The number of aliphatic carboxylic acids is 1. The summed E-state index contributed by atoms with van der Waals surface area (Å²) in [5, 5.41) is 20.9. The number of hydrogen-bond acceptors (Lipinski definition) is 5. The minimum atomic E-state index is -3.73. The third-order valence-electron chi connectivity index (χ3n) is 2.14. The van der Waals surface area contributed by atoms with E-state index >= 15 is 0 Å². The number of aliphatic hydroxyl groups excluding tert-OH is 1. The van der Waals surface area contributed by atoms with E-state index in [1.54, 1.807) is 6.92 Å². The molecule has 0 saturated heterocycles. The summed E-state index contributed by atoms with van der Waals surface area (Å²) in [5.74, 6) is -1.11. The average Bonchev–Trinajstić information content (AvgIpc) is 2.65. The molecule has 1 aromatic heterocycles. The molecule has 1 heterocycles. The number of nitrogens with one attached hydrogen (secondary N) is 1. The first-order chi connectivity index (χ1) is 8.35. The topological polar surface area (TPSA) is 122 Å². The lowest BCUT2D eigenvalue weighted by Gasteiger charge is -2.11. The van der Waals surface area contributed by atoms with Crippen LogP contribution in [0.4, 0.5) is 0 Å². The third-order valence-corrected chi connectivity index (χ3v) is 3.68. The van der Waals surface area contributed by atoms with Gasteiger partial charge in [-0.15, -0.1) is 0 Å². The summed E-state index contributed by atoms with van der Waals surface area (Å²) in [6, 6.07) is -0.414. The second-order valence-corrected chi connectivity index (χ2v) is 5.52. The number of carboxylic acids is 1. The number of hydrogen-bond donors (Lipinski definition) is 3. The second-order valence-electron chi connectivity index (χ2n) is 3.80. The molecule has 0 aliphatic rings. The zero-order chi connectivity index (χ0) is 13.8. The van der Waals surface area contributed by atoms with Gasteiger partial charge in [0, 0.05) is 18.8 Å². The number of aromatic nitrogens is 2. The van der Waals surface area contributed by atoms with Gasteiger partial charge in [-0.05, 0) is 13.3 Å². The highest BCUT2D eigenvalue weighted by molar-refractivity contribution is 7.89. The molecule has 9 heteroatoms. The number of aliphatic hydroxyl groups is 1. The molecule has 1 aromatic rings. The lowest BCUT2D eigenvalue weighted by Crippen LogP contribution is -2.33. The molecule has 1 rings (SSSR count). The summed E-state index contributed by atoms with van der Waals surface area (Å²) in [4.78, 5) is 10.3. The standard InChI is InChI=1S/C9H15N3O5S/c1-7(2-3-13)11-18(16,17)8-4-10-12(5-8)6-9(14)15/h4-5,7,11,13H,2-3,6H2,1H3,(H,14,15). The van der Waals surface area contributed by atoms with Crippen molar-refractivity contribution in [2.75, 3.05) is 6.61 Å². The summed E-state index contributed by atoms with van der Waals surface area (Å²) in [7, 11) is -3.73. The van der Waals surface area contributed by atoms with Crippen molar-refractivity contribution in [1.29, 1.82) is 0 Å². The summed E-state index contributed by atoms with van der Waals surface area (Å²) in [5.41, 5.74) is 0. The molecule has 102 valence electrons. The van der Waals surface area contributed by atoms with Gasteiger partial charge < -0.3 is 10.2 Å². The molecule has 0 saturated carbocycles. The molecule has 18 heavy (non-hydrogen) atoms. The fourth-order valence-corrected chi connectivity index (χ4v) is 2.52. The van der Waals surface area contributed by atoms with Crippen LogP contribution < -0.4 is 4.72 Å². The molecular weight excluding hydrogens is 262 g/mol. The van der Waals surface area contributed by atoms with Gasteiger partial charge >= 0.3 is 5.97 Å². The van der Waals surface area contributed by atoms with Gasteiger partial charge in [-0.2, -0.15) is 5.10 Å². The average molecular weight is 277 g/mol. The molecule has 0 aromatic carbocycles. The molecule has 1 atom stereocenters. The van der Waals surface area contributed by atoms with E-state index in [-0.39, 0.29) is 11.5 Å². The first-order valence-electron chi connectivity index (χ1n) is 5.22. The van der Waals surface area contributed by atoms with Gasteiger partial charge in [-0.1, -0.05) is 0 Å². The van der Waals surface area contributed by atoms with Crippen molar-refractivity contribution >= 4 is 16.0 Å². The molecule has 0 radical (unpaired) electrons. The van der Waals surface area contributed by atoms with Crippen molar-refractivity contribution in [2.45, 2.75) is 30.8 Å². The molecule has 0 amide bonds. The molecule has 0 fully saturated rings. The molecule has 1 unspecified atom stereocenters. The number of carboxylic acid groups (broad SMARTS) is 1. The van der Waals surface area contributed by atoms with E-state index in [0.29, 0.717) is 6.42 Å². The van der Waals surface area contributed by atoms with Crippen LogP contribution >= 0.6 is 0 Å². The molecule has 3 N–H and O–H groups in total. The fourth-order valence-electron chi connectivity index (χ4n) is 1.29. The Labute approximate surface area is 104 Å². The molecule has 0 aliphatic carbocycles. The highest BCUT2D eigenvalue weighted by Crippen LogP contribution is 2.08. The SMILES string of the molecule is CC(CCO)NS(=O)(=O)c1cnn(CC(=O)O)c1. The van der Waals surface area contributed by atoms with Crippen LogP contribution in [-0.2, 0) is 21.4 Å². The monoisotopic (exact) mass is 277 g/mol. The lowest BCUT2D eigenvalue weighted by atomic mass is 10.3. The predicted octanol–water partition coefficient (Wildman–Crippen LogP) is -0.983. The van der Waals surface area contributed by atoms with Crippen molar-refractivity contribution in [3.8, 4) is 0 Å². The minimum Gasteiger partial charge on any atom is -0.480 e. The Morgan fingerprint density at radius 1 is 1.61 bits per heavy atom. The van der Waals surface area contributed by atoms with Gasteiger partial charge in [0.1, 0.15) is 11.4 Å². The molecular formula is C9H15N3O5S. The maximum absolute atomic E-state index is 11.8. The van der Waals surface area contributed by atoms with Gasteiger partial charge in [0.05, 0.1) is 6.20 Å². The van der Waals surface area contributed by atoms with E-state index in [4.69, 9.17) is 10.2 Å². The van der Waals surface area contributed by atoms with E-state index < -0.39 is 28.6 Å². The number of rotatable bonds is 7. The van der Waals surface area contributed by atoms with E-state index in [9.17, 15) is 13.2 Å². The maximum atomic E-state index is 11.8. The van der Waals surface area contributed by atoms with Gasteiger partial charge in [-0.3, -0.25) is 9.48 Å². The molecule has 0 aliphatic heterocycles.